The van der Waals surface area contributed by atoms with Crippen LogP contribution < -0.4 is 4.74 Å². The molecule has 1 heterocycles. The summed E-state index contributed by atoms with van der Waals surface area (Å²) in [6, 6.07) is 19.5. The van der Waals surface area contributed by atoms with Crippen molar-refractivity contribution in [1.29, 1.82) is 0 Å². The van der Waals surface area contributed by atoms with Crippen LogP contribution in [0, 0.1) is 0 Å². The van der Waals surface area contributed by atoms with E-state index >= 15 is 0 Å². The average Bonchev–Trinajstić information content (AvgIpc) is 3.02. The highest BCUT2D eigenvalue weighted by Crippen LogP contribution is 2.37. The fourth-order valence-electron chi connectivity index (χ4n) is 3.21. The van der Waals surface area contributed by atoms with Crippen LogP contribution in [-0.4, -0.2) is 21.7 Å². The molecule has 1 aliphatic rings. The maximum absolute atomic E-state index is 12.8. The van der Waals surface area contributed by atoms with Crippen LogP contribution in [0.1, 0.15) is 11.1 Å². The number of thioether (sulfide) groups is 1. The second-order valence-electron chi connectivity index (χ2n) is 6.69. The lowest BCUT2D eigenvalue weighted by Crippen LogP contribution is -2.27. The van der Waals surface area contributed by atoms with Gasteiger partial charge in [0.1, 0.15) is 16.7 Å². The van der Waals surface area contributed by atoms with Gasteiger partial charge in [-0.1, -0.05) is 84.1 Å². The van der Waals surface area contributed by atoms with Crippen LogP contribution in [0.25, 0.3) is 16.8 Å². The van der Waals surface area contributed by atoms with Crippen molar-refractivity contribution in [3.63, 3.8) is 0 Å². The molecular weight excluding hydrogens is 434 g/mol. The predicted molar refractivity (Wildman–Crippen MR) is 130 cm³/mol. The number of carbonyl (C=O) groups is 1. The minimum absolute atomic E-state index is 0.110. The number of carbonyl (C=O) groups excluding carboxylic acids is 1. The first kappa shape index (κ1) is 20.7. The zero-order chi connectivity index (χ0) is 21.1. The van der Waals surface area contributed by atoms with Gasteiger partial charge in [-0.2, -0.15) is 0 Å². The molecule has 0 aliphatic carbocycles. The Balaban J connectivity index is 1.72. The zero-order valence-electron chi connectivity index (χ0n) is 16.0. The van der Waals surface area contributed by atoms with Gasteiger partial charge in [0.05, 0.1) is 4.91 Å². The van der Waals surface area contributed by atoms with E-state index in [0.29, 0.717) is 33.1 Å². The van der Waals surface area contributed by atoms with E-state index in [1.807, 2.05) is 66.7 Å². The Morgan fingerprint density at radius 2 is 1.87 bits per heavy atom. The van der Waals surface area contributed by atoms with Gasteiger partial charge in [0.25, 0.3) is 5.91 Å². The predicted octanol–water partition coefficient (Wildman–Crippen LogP) is 6.46. The molecule has 0 N–H and O–H groups in total. The van der Waals surface area contributed by atoms with Crippen LogP contribution in [0.3, 0.4) is 0 Å². The molecule has 0 bridgehead atoms. The number of halogens is 1. The molecule has 0 saturated carbocycles. The van der Waals surface area contributed by atoms with Crippen molar-refractivity contribution in [2.45, 2.75) is 6.61 Å². The van der Waals surface area contributed by atoms with Crippen molar-refractivity contribution >= 4 is 62.7 Å². The van der Waals surface area contributed by atoms with Gasteiger partial charge in [-0.3, -0.25) is 9.69 Å². The molecule has 150 valence electrons. The highest BCUT2D eigenvalue weighted by atomic mass is 35.5. The number of hydrogen-bond acceptors (Lipinski definition) is 4. The molecule has 0 spiro atoms. The molecule has 30 heavy (non-hydrogen) atoms. The summed E-state index contributed by atoms with van der Waals surface area (Å²) in [6.07, 6.45) is 3.55. The molecule has 1 aliphatic heterocycles. The number of nitrogens with zero attached hydrogens (tertiary/aromatic N) is 1. The molecule has 1 fully saturated rings. The van der Waals surface area contributed by atoms with E-state index < -0.39 is 0 Å². The SMILES string of the molecule is C=CCN1C(=O)/C(=C/c2c(OCc3ccc(Cl)cc3)ccc3ccccc23)SC1=S. The van der Waals surface area contributed by atoms with Crippen LogP contribution in [-0.2, 0) is 11.4 Å². The third-order valence-electron chi connectivity index (χ3n) is 4.70. The Bertz CT molecular complexity index is 1170. The van der Waals surface area contributed by atoms with Crippen LogP contribution in [0.5, 0.6) is 5.75 Å². The molecule has 3 aromatic carbocycles. The summed E-state index contributed by atoms with van der Waals surface area (Å²) in [7, 11) is 0. The monoisotopic (exact) mass is 451 g/mol. The molecule has 1 amide bonds. The van der Waals surface area contributed by atoms with Crippen molar-refractivity contribution in [2.24, 2.45) is 0 Å². The summed E-state index contributed by atoms with van der Waals surface area (Å²) < 4.78 is 6.68. The fourth-order valence-corrected chi connectivity index (χ4v) is 4.59. The summed E-state index contributed by atoms with van der Waals surface area (Å²) in [5.41, 5.74) is 1.87. The van der Waals surface area contributed by atoms with E-state index in [2.05, 4.69) is 6.58 Å². The van der Waals surface area contributed by atoms with Gasteiger partial charge < -0.3 is 4.74 Å². The Kier molecular flexibility index (Phi) is 6.23. The van der Waals surface area contributed by atoms with Crippen LogP contribution in [0.15, 0.2) is 78.2 Å². The van der Waals surface area contributed by atoms with E-state index in [0.717, 1.165) is 21.9 Å². The van der Waals surface area contributed by atoms with Gasteiger partial charge in [-0.15, -0.1) is 6.58 Å². The van der Waals surface area contributed by atoms with Gasteiger partial charge in [0.2, 0.25) is 0 Å². The highest BCUT2D eigenvalue weighted by molar-refractivity contribution is 8.26. The van der Waals surface area contributed by atoms with Crippen molar-refractivity contribution in [1.82, 2.24) is 4.90 Å². The second-order valence-corrected chi connectivity index (χ2v) is 8.81. The van der Waals surface area contributed by atoms with Gasteiger partial charge in [-0.25, -0.2) is 0 Å². The van der Waals surface area contributed by atoms with Crippen molar-refractivity contribution in [2.75, 3.05) is 6.54 Å². The molecule has 3 aromatic rings. The van der Waals surface area contributed by atoms with E-state index in [-0.39, 0.29) is 5.91 Å². The fraction of sp³-hybridized carbons (Fsp3) is 0.0833. The van der Waals surface area contributed by atoms with E-state index in [1.165, 1.54) is 11.8 Å². The number of ether oxygens (including phenoxy) is 1. The third-order valence-corrected chi connectivity index (χ3v) is 6.33. The topological polar surface area (TPSA) is 29.5 Å². The number of fused-ring (bicyclic) bond motifs is 1. The number of amides is 1. The first-order chi connectivity index (χ1) is 14.6. The van der Waals surface area contributed by atoms with E-state index in [1.54, 1.807) is 11.0 Å². The summed E-state index contributed by atoms with van der Waals surface area (Å²) in [5.74, 6) is 0.596. The van der Waals surface area contributed by atoms with E-state index in [9.17, 15) is 4.79 Å². The molecule has 0 unspecified atom stereocenters. The molecule has 3 nitrogen and oxygen atoms in total. The molecule has 1 saturated heterocycles. The molecule has 6 heteroatoms. The van der Waals surface area contributed by atoms with Gasteiger partial charge in [0.15, 0.2) is 0 Å². The molecule has 0 atom stereocenters. The Labute approximate surface area is 190 Å². The number of rotatable bonds is 6. The normalized spacial score (nSPS) is 15.2. The number of hydrogen-bond donors (Lipinski definition) is 0. The smallest absolute Gasteiger partial charge is 0.266 e. The minimum atomic E-state index is -0.110. The third kappa shape index (κ3) is 4.29. The van der Waals surface area contributed by atoms with Crippen LogP contribution in [0.4, 0.5) is 0 Å². The quantitative estimate of drug-likeness (QED) is 0.244. The van der Waals surface area contributed by atoms with Crippen LogP contribution >= 0.6 is 35.6 Å². The average molecular weight is 452 g/mol. The summed E-state index contributed by atoms with van der Waals surface area (Å²) in [5, 5.41) is 2.77. The Morgan fingerprint density at radius 1 is 1.10 bits per heavy atom. The van der Waals surface area contributed by atoms with Gasteiger partial charge in [-0.05, 0) is 40.6 Å². The first-order valence-corrected chi connectivity index (χ1v) is 10.9. The van der Waals surface area contributed by atoms with Gasteiger partial charge in [0, 0.05) is 17.1 Å². The van der Waals surface area contributed by atoms with Gasteiger partial charge >= 0.3 is 0 Å². The summed E-state index contributed by atoms with van der Waals surface area (Å²) in [6.45, 7) is 4.50. The molecule has 0 aromatic heterocycles. The minimum Gasteiger partial charge on any atom is -0.488 e. The molecular formula is C24H18ClNO2S2. The van der Waals surface area contributed by atoms with Crippen molar-refractivity contribution in [3.8, 4) is 5.75 Å². The Hall–Kier alpha value is -2.60. The molecule has 4 rings (SSSR count). The van der Waals surface area contributed by atoms with E-state index in [4.69, 9.17) is 28.6 Å². The highest BCUT2D eigenvalue weighted by Gasteiger charge is 2.31. The number of benzene rings is 3. The molecule has 0 radical (unpaired) electrons. The lowest BCUT2D eigenvalue weighted by Gasteiger charge is -2.13. The zero-order valence-corrected chi connectivity index (χ0v) is 18.4. The maximum atomic E-state index is 12.8. The second kappa shape index (κ2) is 9.04. The largest absolute Gasteiger partial charge is 0.488 e. The lowest BCUT2D eigenvalue weighted by atomic mass is 10.0. The standard InChI is InChI=1S/C24H18ClNO2S2/c1-2-13-26-23(27)22(30-24(26)29)14-20-19-6-4-3-5-17(19)9-12-21(20)28-15-16-7-10-18(25)11-8-16/h2-12,14H,1,13,15H2/b22-14-. The van der Waals surface area contributed by atoms with Crippen molar-refractivity contribution in [3.05, 3.63) is 94.4 Å². The van der Waals surface area contributed by atoms with Crippen LogP contribution in [0.2, 0.25) is 5.02 Å². The maximum Gasteiger partial charge on any atom is 0.266 e. The summed E-state index contributed by atoms with van der Waals surface area (Å²) in [4.78, 5) is 14.9. The Morgan fingerprint density at radius 3 is 2.63 bits per heavy atom. The lowest BCUT2D eigenvalue weighted by molar-refractivity contribution is -0.121. The summed E-state index contributed by atoms with van der Waals surface area (Å²) >= 11 is 12.6. The first-order valence-electron chi connectivity index (χ1n) is 9.32. The van der Waals surface area contributed by atoms with Crippen molar-refractivity contribution < 1.29 is 9.53 Å². The number of thiocarbonyl (C=S) groups is 1.